The summed E-state index contributed by atoms with van der Waals surface area (Å²) < 4.78 is 24.0. The molecule has 0 amide bonds. The predicted molar refractivity (Wildman–Crippen MR) is 91.3 cm³/mol. The standard InChI is InChI=1S/C12H20N4O2S3/c1-4-13-9-7-10(15-12(14-9)19-2)16-5-6-20-8-11(16)21(3,17)18/h7,11H,4-6,8H2,1-3H3,(H,13,14,15). The topological polar surface area (TPSA) is 75.2 Å². The highest BCUT2D eigenvalue weighted by atomic mass is 32.2. The van der Waals surface area contributed by atoms with Crippen LogP contribution in [0.25, 0.3) is 0 Å². The van der Waals surface area contributed by atoms with Crippen molar-refractivity contribution in [2.45, 2.75) is 17.5 Å². The van der Waals surface area contributed by atoms with Crippen LogP contribution in [-0.4, -0.2) is 60.9 Å². The largest absolute Gasteiger partial charge is 0.370 e. The molecule has 9 heteroatoms. The van der Waals surface area contributed by atoms with Crippen molar-refractivity contribution in [3.05, 3.63) is 6.07 Å². The van der Waals surface area contributed by atoms with Crippen molar-refractivity contribution in [1.82, 2.24) is 9.97 Å². The van der Waals surface area contributed by atoms with Crippen molar-refractivity contribution in [3.63, 3.8) is 0 Å². The van der Waals surface area contributed by atoms with Gasteiger partial charge >= 0.3 is 0 Å². The van der Waals surface area contributed by atoms with Crippen LogP contribution >= 0.6 is 23.5 Å². The van der Waals surface area contributed by atoms with Crippen LogP contribution in [0.5, 0.6) is 0 Å². The maximum atomic E-state index is 12.0. The minimum Gasteiger partial charge on any atom is -0.370 e. The first-order valence-electron chi connectivity index (χ1n) is 6.66. The van der Waals surface area contributed by atoms with Gasteiger partial charge in [0.05, 0.1) is 0 Å². The van der Waals surface area contributed by atoms with Crippen LogP contribution in [0, 0.1) is 0 Å². The third kappa shape index (κ3) is 4.17. The molecule has 0 saturated carbocycles. The zero-order valence-electron chi connectivity index (χ0n) is 12.4. The van der Waals surface area contributed by atoms with Gasteiger partial charge in [0, 0.05) is 36.9 Å². The summed E-state index contributed by atoms with van der Waals surface area (Å²) >= 11 is 3.12. The first kappa shape index (κ1) is 16.7. The van der Waals surface area contributed by atoms with Crippen LogP contribution in [0.15, 0.2) is 11.2 Å². The average molecular weight is 349 g/mol. The van der Waals surface area contributed by atoms with Crippen LogP contribution in [0.1, 0.15) is 6.92 Å². The summed E-state index contributed by atoms with van der Waals surface area (Å²) in [7, 11) is -3.15. The van der Waals surface area contributed by atoms with E-state index in [2.05, 4.69) is 15.3 Å². The molecule has 1 saturated heterocycles. The van der Waals surface area contributed by atoms with E-state index < -0.39 is 15.2 Å². The van der Waals surface area contributed by atoms with Crippen molar-refractivity contribution in [2.24, 2.45) is 0 Å². The van der Waals surface area contributed by atoms with Gasteiger partial charge in [-0.2, -0.15) is 11.8 Å². The molecule has 2 rings (SSSR count). The number of hydrogen-bond acceptors (Lipinski definition) is 8. The lowest BCUT2D eigenvalue weighted by atomic mass is 10.4. The molecular weight excluding hydrogens is 328 g/mol. The molecular formula is C12H20N4O2S3. The Labute approximate surface area is 134 Å². The van der Waals surface area contributed by atoms with E-state index in [9.17, 15) is 8.42 Å². The molecule has 1 aliphatic rings. The molecule has 6 nitrogen and oxygen atoms in total. The van der Waals surface area contributed by atoms with E-state index in [1.807, 2.05) is 24.1 Å². The molecule has 0 aromatic carbocycles. The molecule has 1 aromatic heterocycles. The molecule has 118 valence electrons. The third-order valence-electron chi connectivity index (χ3n) is 3.11. The fraction of sp³-hybridized carbons (Fsp3) is 0.667. The van der Waals surface area contributed by atoms with E-state index in [1.54, 1.807) is 11.8 Å². The Hall–Kier alpha value is -0.670. The molecule has 1 atom stereocenters. The zero-order valence-corrected chi connectivity index (χ0v) is 14.8. The van der Waals surface area contributed by atoms with Crippen LogP contribution < -0.4 is 10.2 Å². The Morgan fingerprint density at radius 2 is 2.29 bits per heavy atom. The van der Waals surface area contributed by atoms with Gasteiger partial charge in [-0.15, -0.1) is 0 Å². The van der Waals surface area contributed by atoms with Gasteiger partial charge in [0.25, 0.3) is 0 Å². The van der Waals surface area contributed by atoms with Gasteiger partial charge in [0.2, 0.25) is 0 Å². The summed E-state index contributed by atoms with van der Waals surface area (Å²) in [5.74, 6) is 2.90. The van der Waals surface area contributed by atoms with Gasteiger partial charge < -0.3 is 10.2 Å². The highest BCUT2D eigenvalue weighted by molar-refractivity contribution is 8.01. The minimum atomic E-state index is -3.15. The van der Waals surface area contributed by atoms with Crippen molar-refractivity contribution in [3.8, 4) is 0 Å². The van der Waals surface area contributed by atoms with E-state index in [4.69, 9.17) is 0 Å². The summed E-state index contributed by atoms with van der Waals surface area (Å²) in [6.45, 7) is 3.44. The summed E-state index contributed by atoms with van der Waals surface area (Å²) in [4.78, 5) is 10.8. The van der Waals surface area contributed by atoms with Crippen LogP contribution in [-0.2, 0) is 9.84 Å². The number of nitrogens with one attached hydrogen (secondary N) is 1. The Kier molecular flexibility index (Phi) is 5.61. The van der Waals surface area contributed by atoms with Crippen molar-refractivity contribution < 1.29 is 8.42 Å². The molecule has 0 radical (unpaired) electrons. The first-order valence-corrected chi connectivity index (χ1v) is 11.0. The lowest BCUT2D eigenvalue weighted by molar-refractivity contribution is 0.583. The van der Waals surface area contributed by atoms with Gasteiger partial charge in [-0.05, 0) is 13.2 Å². The fourth-order valence-corrected chi connectivity index (χ4v) is 5.32. The van der Waals surface area contributed by atoms with Crippen LogP contribution in [0.4, 0.5) is 11.6 Å². The van der Waals surface area contributed by atoms with Crippen molar-refractivity contribution in [2.75, 3.05) is 47.3 Å². The van der Waals surface area contributed by atoms with Gasteiger partial charge in [-0.3, -0.25) is 0 Å². The normalized spacial score (nSPS) is 19.6. The maximum Gasteiger partial charge on any atom is 0.191 e. The van der Waals surface area contributed by atoms with E-state index >= 15 is 0 Å². The van der Waals surface area contributed by atoms with Crippen molar-refractivity contribution >= 4 is 45.0 Å². The molecule has 1 aromatic rings. The van der Waals surface area contributed by atoms with E-state index in [-0.39, 0.29) is 0 Å². The quantitative estimate of drug-likeness (QED) is 0.635. The second-order valence-corrected chi connectivity index (χ2v) is 8.81. The lowest BCUT2D eigenvalue weighted by Gasteiger charge is -2.35. The smallest absolute Gasteiger partial charge is 0.191 e. The Morgan fingerprint density at radius 1 is 1.52 bits per heavy atom. The molecule has 0 bridgehead atoms. The highest BCUT2D eigenvalue weighted by Crippen LogP contribution is 2.28. The van der Waals surface area contributed by atoms with E-state index in [0.717, 1.165) is 18.1 Å². The molecule has 1 unspecified atom stereocenters. The SMILES string of the molecule is CCNc1cc(N2CCSCC2S(C)(=O)=O)nc(SC)n1. The number of nitrogens with zero attached hydrogens (tertiary/aromatic N) is 3. The number of anilines is 2. The zero-order chi connectivity index (χ0) is 15.5. The first-order chi connectivity index (χ1) is 9.95. The molecule has 0 aliphatic carbocycles. The maximum absolute atomic E-state index is 12.0. The number of hydrogen-bond donors (Lipinski definition) is 1. The Balaban J connectivity index is 2.40. The third-order valence-corrected chi connectivity index (χ3v) is 6.30. The summed E-state index contributed by atoms with van der Waals surface area (Å²) in [6.07, 6.45) is 3.20. The fourth-order valence-electron chi connectivity index (χ4n) is 2.12. The minimum absolute atomic E-state index is 0.518. The number of rotatable bonds is 5. The monoisotopic (exact) mass is 348 g/mol. The summed E-state index contributed by atoms with van der Waals surface area (Å²) in [5.41, 5.74) is 0. The summed E-state index contributed by atoms with van der Waals surface area (Å²) in [5, 5.41) is 3.30. The molecule has 1 N–H and O–H groups in total. The van der Waals surface area contributed by atoms with Gasteiger partial charge in [0.15, 0.2) is 15.0 Å². The van der Waals surface area contributed by atoms with Crippen LogP contribution in [0.3, 0.4) is 0 Å². The molecule has 0 spiro atoms. The van der Waals surface area contributed by atoms with E-state index in [0.29, 0.717) is 23.3 Å². The number of sulfone groups is 1. The van der Waals surface area contributed by atoms with E-state index in [1.165, 1.54) is 18.0 Å². The Morgan fingerprint density at radius 3 is 2.90 bits per heavy atom. The lowest BCUT2D eigenvalue weighted by Crippen LogP contribution is -2.47. The average Bonchev–Trinajstić information content (AvgIpc) is 2.46. The summed E-state index contributed by atoms with van der Waals surface area (Å²) in [6, 6.07) is 1.83. The van der Waals surface area contributed by atoms with Gasteiger partial charge in [-0.1, -0.05) is 11.8 Å². The second-order valence-electron chi connectivity index (χ2n) is 4.68. The molecule has 1 fully saturated rings. The number of aromatic nitrogens is 2. The predicted octanol–water partition coefficient (Wildman–Crippen LogP) is 1.55. The Bertz CT molecular complexity index is 594. The molecule has 2 heterocycles. The van der Waals surface area contributed by atoms with Crippen molar-refractivity contribution in [1.29, 1.82) is 0 Å². The van der Waals surface area contributed by atoms with Crippen LogP contribution in [0.2, 0.25) is 0 Å². The van der Waals surface area contributed by atoms with Gasteiger partial charge in [0.1, 0.15) is 17.0 Å². The molecule has 21 heavy (non-hydrogen) atoms. The second kappa shape index (κ2) is 7.06. The molecule has 1 aliphatic heterocycles. The highest BCUT2D eigenvalue weighted by Gasteiger charge is 2.32. The van der Waals surface area contributed by atoms with Gasteiger partial charge in [-0.25, -0.2) is 18.4 Å². The number of thioether (sulfide) groups is 2.